The lowest BCUT2D eigenvalue weighted by atomic mass is 10.0. The fourth-order valence-electron chi connectivity index (χ4n) is 1.33. The van der Waals surface area contributed by atoms with Crippen molar-refractivity contribution in [3.05, 3.63) is 0 Å². The van der Waals surface area contributed by atoms with Gasteiger partial charge in [0.15, 0.2) is 0 Å². The molecule has 0 fully saturated rings. The number of rotatable bonds is 8. The predicted octanol–water partition coefficient (Wildman–Crippen LogP) is 3.12. The highest BCUT2D eigenvalue weighted by Gasteiger charge is 2.06. The van der Waals surface area contributed by atoms with E-state index in [9.17, 15) is 0 Å². The molecule has 0 saturated heterocycles. The first-order valence-electron chi connectivity index (χ1n) is 5.19. The second kappa shape index (κ2) is 9.01. The van der Waals surface area contributed by atoms with Gasteiger partial charge in [-0.05, 0) is 12.8 Å². The lowest BCUT2D eigenvalue weighted by molar-refractivity contribution is 0.104. The topological polar surface area (TPSA) is 34.3 Å². The normalized spacial score (nSPS) is 13.2. The van der Waals surface area contributed by atoms with E-state index in [4.69, 9.17) is 5.21 Å². The summed E-state index contributed by atoms with van der Waals surface area (Å²) in [6.07, 6.45) is 8.20. The fraction of sp³-hybridized carbons (Fsp3) is 1.00. The predicted molar refractivity (Wildman–Crippen MR) is 51.4 cm³/mol. The zero-order valence-electron chi connectivity index (χ0n) is 8.42. The van der Waals surface area contributed by atoms with Gasteiger partial charge < -0.3 is 0 Å². The van der Waals surface area contributed by atoms with Gasteiger partial charge in [0, 0.05) is 0 Å². The van der Waals surface area contributed by atoms with Crippen LogP contribution >= 0.6 is 0 Å². The molecule has 0 aromatic heterocycles. The van der Waals surface area contributed by atoms with Crippen molar-refractivity contribution in [3.8, 4) is 0 Å². The highest BCUT2D eigenvalue weighted by atomic mass is 16.5. The molecule has 1 atom stereocenters. The van der Waals surface area contributed by atoms with Gasteiger partial charge in [-0.1, -0.05) is 51.4 Å². The highest BCUT2D eigenvalue weighted by molar-refractivity contribution is 4.61. The molecular formula is C10H22NO. The van der Waals surface area contributed by atoms with Gasteiger partial charge in [-0.3, -0.25) is 5.21 Å². The van der Waals surface area contributed by atoms with Crippen LogP contribution in [0.1, 0.15) is 58.8 Å². The molecular weight excluding hydrogens is 150 g/mol. The molecule has 0 aliphatic rings. The molecule has 0 amide bonds. The summed E-state index contributed by atoms with van der Waals surface area (Å²) in [6.45, 7) is 4.36. The van der Waals surface area contributed by atoms with E-state index in [1.54, 1.807) is 0 Å². The summed E-state index contributed by atoms with van der Waals surface area (Å²) < 4.78 is 0. The van der Waals surface area contributed by atoms with Crippen molar-refractivity contribution in [2.75, 3.05) is 0 Å². The van der Waals surface area contributed by atoms with Crippen molar-refractivity contribution in [1.82, 2.24) is 5.48 Å². The second-order valence-electron chi connectivity index (χ2n) is 3.41. The van der Waals surface area contributed by atoms with Crippen LogP contribution in [0.25, 0.3) is 0 Å². The van der Waals surface area contributed by atoms with E-state index < -0.39 is 0 Å². The Morgan fingerprint density at radius 3 is 2.08 bits per heavy atom. The summed E-state index contributed by atoms with van der Waals surface area (Å²) in [5.74, 6) is 0. The summed E-state index contributed by atoms with van der Waals surface area (Å²) in [7, 11) is 0. The second-order valence-corrected chi connectivity index (χ2v) is 3.41. The molecule has 2 nitrogen and oxygen atoms in total. The first-order valence-corrected chi connectivity index (χ1v) is 5.19. The maximum Gasteiger partial charge on any atom is 0.0535 e. The Morgan fingerprint density at radius 1 is 1.00 bits per heavy atom. The standard InChI is InChI=1S/C10H22NO/c1-3-5-7-9-10(11-12)8-6-4-2/h10,12H,3-9H2,1-2H3. The molecule has 0 spiro atoms. The van der Waals surface area contributed by atoms with Gasteiger partial charge in [0.2, 0.25) is 0 Å². The third-order valence-electron chi connectivity index (χ3n) is 2.20. The van der Waals surface area contributed by atoms with Gasteiger partial charge in [0.25, 0.3) is 0 Å². The van der Waals surface area contributed by atoms with E-state index in [-0.39, 0.29) is 6.04 Å². The van der Waals surface area contributed by atoms with Gasteiger partial charge >= 0.3 is 0 Å². The number of unbranched alkanes of at least 4 members (excludes halogenated alkanes) is 3. The van der Waals surface area contributed by atoms with E-state index in [2.05, 4.69) is 19.3 Å². The summed E-state index contributed by atoms with van der Waals surface area (Å²) >= 11 is 0. The van der Waals surface area contributed by atoms with Gasteiger partial charge in [-0.15, -0.1) is 0 Å². The van der Waals surface area contributed by atoms with Crippen LogP contribution in [-0.2, 0) is 0 Å². The average molecular weight is 172 g/mol. The number of hydroxylamine groups is 1. The molecule has 0 bridgehead atoms. The van der Waals surface area contributed by atoms with E-state index in [1.165, 1.54) is 32.1 Å². The Morgan fingerprint density at radius 2 is 1.58 bits per heavy atom. The molecule has 73 valence electrons. The molecule has 12 heavy (non-hydrogen) atoms. The molecule has 0 aliphatic carbocycles. The Hall–Kier alpha value is -0.0800. The first kappa shape index (κ1) is 11.9. The minimum Gasteiger partial charge on any atom is -0.297 e. The highest BCUT2D eigenvalue weighted by Crippen LogP contribution is 2.09. The molecule has 0 heterocycles. The Balaban J connectivity index is 3.26. The van der Waals surface area contributed by atoms with E-state index in [1.807, 2.05) is 0 Å². The number of nitrogens with zero attached hydrogens (tertiary/aromatic N) is 1. The van der Waals surface area contributed by atoms with Crippen LogP contribution in [0.2, 0.25) is 0 Å². The van der Waals surface area contributed by atoms with Crippen molar-refractivity contribution in [1.29, 1.82) is 0 Å². The monoisotopic (exact) mass is 172 g/mol. The van der Waals surface area contributed by atoms with Crippen LogP contribution in [0.4, 0.5) is 0 Å². The van der Waals surface area contributed by atoms with Crippen molar-refractivity contribution >= 4 is 0 Å². The van der Waals surface area contributed by atoms with Gasteiger partial charge in [-0.25, -0.2) is 0 Å². The molecule has 0 rings (SSSR count). The third-order valence-corrected chi connectivity index (χ3v) is 2.20. The molecule has 1 N–H and O–H groups in total. The van der Waals surface area contributed by atoms with Gasteiger partial charge in [-0.2, -0.15) is 0 Å². The molecule has 0 aromatic rings. The van der Waals surface area contributed by atoms with E-state index in [0.29, 0.717) is 0 Å². The van der Waals surface area contributed by atoms with Gasteiger partial charge in [0.1, 0.15) is 0 Å². The molecule has 0 saturated carbocycles. The van der Waals surface area contributed by atoms with E-state index >= 15 is 0 Å². The summed E-state index contributed by atoms with van der Waals surface area (Å²) in [5.41, 5.74) is 3.40. The van der Waals surface area contributed by atoms with Crippen molar-refractivity contribution < 1.29 is 5.21 Å². The van der Waals surface area contributed by atoms with Crippen LogP contribution in [0.15, 0.2) is 0 Å². The first-order chi connectivity index (χ1) is 5.85. The molecule has 1 unspecified atom stereocenters. The molecule has 2 heteroatoms. The smallest absolute Gasteiger partial charge is 0.0535 e. The summed E-state index contributed by atoms with van der Waals surface area (Å²) in [4.78, 5) is 0. The lowest BCUT2D eigenvalue weighted by Crippen LogP contribution is -2.18. The SMILES string of the molecule is CCCCCC(CCCC)[N]O. The maximum atomic E-state index is 8.68. The van der Waals surface area contributed by atoms with Crippen molar-refractivity contribution in [2.45, 2.75) is 64.8 Å². The van der Waals surface area contributed by atoms with Crippen LogP contribution < -0.4 is 5.48 Å². The third kappa shape index (κ3) is 6.62. The van der Waals surface area contributed by atoms with Crippen LogP contribution in [0.3, 0.4) is 0 Å². The molecule has 0 aromatic carbocycles. The summed E-state index contributed by atoms with van der Waals surface area (Å²) in [6, 6.07) is 0.205. The van der Waals surface area contributed by atoms with Gasteiger partial charge in [0.05, 0.1) is 6.04 Å². The van der Waals surface area contributed by atoms with Crippen LogP contribution in [0, 0.1) is 0 Å². The quantitative estimate of drug-likeness (QED) is 0.443. The van der Waals surface area contributed by atoms with Crippen molar-refractivity contribution in [2.24, 2.45) is 0 Å². The van der Waals surface area contributed by atoms with Crippen LogP contribution in [0.5, 0.6) is 0 Å². The fourth-order valence-corrected chi connectivity index (χ4v) is 1.33. The summed E-state index contributed by atoms with van der Waals surface area (Å²) in [5, 5.41) is 8.68. The van der Waals surface area contributed by atoms with Crippen LogP contribution in [-0.4, -0.2) is 11.2 Å². The van der Waals surface area contributed by atoms with Crippen molar-refractivity contribution in [3.63, 3.8) is 0 Å². The maximum absolute atomic E-state index is 8.68. The average Bonchev–Trinajstić information content (AvgIpc) is 2.11. The Labute approximate surface area is 76.3 Å². The zero-order valence-corrected chi connectivity index (χ0v) is 8.42. The van der Waals surface area contributed by atoms with E-state index in [0.717, 1.165) is 12.8 Å². The largest absolute Gasteiger partial charge is 0.297 e. The number of hydrogen-bond acceptors (Lipinski definition) is 1. The minimum atomic E-state index is 0.205. The zero-order chi connectivity index (χ0) is 9.23. The molecule has 0 aliphatic heterocycles. The Bertz CT molecular complexity index is 85.9. The minimum absolute atomic E-state index is 0.205. The number of hydrogen-bond donors (Lipinski definition) is 1. The molecule has 1 radical (unpaired) electrons. The Kier molecular flexibility index (Phi) is 8.95. The lowest BCUT2D eigenvalue weighted by Gasteiger charge is -2.11.